The lowest BCUT2D eigenvalue weighted by atomic mass is 10.1. The summed E-state index contributed by atoms with van der Waals surface area (Å²) in [7, 11) is 1.63. The van der Waals surface area contributed by atoms with E-state index < -0.39 is 0 Å². The molecule has 0 bridgehead atoms. The topological polar surface area (TPSA) is 68.6 Å². The number of aromatic nitrogens is 2. The molecule has 0 radical (unpaired) electrons. The number of hydrogen-bond donors (Lipinski definition) is 1. The average molecular weight is 352 g/mol. The number of hydrogen-bond acceptors (Lipinski definition) is 6. The Bertz CT molecular complexity index is 990. The van der Waals surface area contributed by atoms with E-state index >= 15 is 0 Å². The normalized spacial score (nSPS) is 12.8. The molecule has 132 valence electrons. The SMILES string of the molecule is COCCOc1nccc2cc(NC3=NCc4ncc(F)cc43)ccc12. The Morgan fingerprint density at radius 1 is 1.15 bits per heavy atom. The summed E-state index contributed by atoms with van der Waals surface area (Å²) in [5, 5.41) is 5.14. The smallest absolute Gasteiger partial charge is 0.221 e. The molecule has 4 rings (SSSR count). The first kappa shape index (κ1) is 16.4. The monoisotopic (exact) mass is 352 g/mol. The van der Waals surface area contributed by atoms with E-state index in [0.717, 1.165) is 22.2 Å². The van der Waals surface area contributed by atoms with Gasteiger partial charge in [0.05, 0.1) is 25.0 Å². The third-order valence-corrected chi connectivity index (χ3v) is 4.10. The van der Waals surface area contributed by atoms with Crippen molar-refractivity contribution >= 4 is 22.3 Å². The number of pyridine rings is 2. The van der Waals surface area contributed by atoms with Crippen LogP contribution in [-0.2, 0) is 11.3 Å². The van der Waals surface area contributed by atoms with Gasteiger partial charge >= 0.3 is 0 Å². The van der Waals surface area contributed by atoms with Crippen LogP contribution in [0.5, 0.6) is 5.88 Å². The van der Waals surface area contributed by atoms with Crippen LogP contribution in [-0.4, -0.2) is 36.1 Å². The molecule has 0 aliphatic carbocycles. The number of rotatable bonds is 5. The van der Waals surface area contributed by atoms with Crippen molar-refractivity contribution in [3.63, 3.8) is 0 Å². The lowest BCUT2D eigenvalue weighted by Crippen LogP contribution is -2.12. The first-order valence-corrected chi connectivity index (χ1v) is 8.21. The zero-order valence-corrected chi connectivity index (χ0v) is 14.2. The maximum Gasteiger partial charge on any atom is 0.221 e. The molecule has 3 aromatic rings. The molecular weight excluding hydrogens is 335 g/mol. The summed E-state index contributed by atoms with van der Waals surface area (Å²) in [5.74, 6) is 0.820. The van der Waals surface area contributed by atoms with Crippen LogP contribution in [0.4, 0.5) is 10.1 Å². The Labute approximate surface area is 149 Å². The molecule has 26 heavy (non-hydrogen) atoms. The number of halogens is 1. The van der Waals surface area contributed by atoms with Crippen molar-refractivity contribution in [2.75, 3.05) is 25.6 Å². The van der Waals surface area contributed by atoms with Crippen LogP contribution < -0.4 is 10.1 Å². The van der Waals surface area contributed by atoms with Crippen molar-refractivity contribution in [2.45, 2.75) is 6.54 Å². The minimum absolute atomic E-state index is 0.373. The highest BCUT2D eigenvalue weighted by atomic mass is 19.1. The molecule has 1 aliphatic rings. The summed E-state index contributed by atoms with van der Waals surface area (Å²) >= 11 is 0. The zero-order chi connectivity index (χ0) is 17.9. The first-order valence-electron chi connectivity index (χ1n) is 8.21. The van der Waals surface area contributed by atoms with Crippen molar-refractivity contribution in [3.05, 3.63) is 59.8 Å². The van der Waals surface area contributed by atoms with Gasteiger partial charge in [0.25, 0.3) is 0 Å². The van der Waals surface area contributed by atoms with E-state index in [-0.39, 0.29) is 5.82 Å². The summed E-state index contributed by atoms with van der Waals surface area (Å²) < 4.78 is 24.1. The molecule has 2 aromatic heterocycles. The molecule has 0 saturated heterocycles. The molecule has 0 saturated carbocycles. The Balaban J connectivity index is 1.58. The lowest BCUT2D eigenvalue weighted by molar-refractivity contribution is 0.144. The quantitative estimate of drug-likeness (QED) is 0.715. The predicted octanol–water partition coefficient (Wildman–Crippen LogP) is 3.17. The predicted molar refractivity (Wildman–Crippen MR) is 97.2 cm³/mol. The standard InChI is InChI=1S/C19H17FN4O2/c1-25-6-7-26-19-15-3-2-14(8-12(15)4-5-21-19)24-18-16-9-13(20)10-22-17(16)11-23-18/h2-5,8-10H,6-7,11H2,1H3,(H,23,24). The van der Waals surface area contributed by atoms with E-state index in [1.165, 1.54) is 12.3 Å². The van der Waals surface area contributed by atoms with Crippen molar-refractivity contribution in [2.24, 2.45) is 4.99 Å². The van der Waals surface area contributed by atoms with Crippen LogP contribution >= 0.6 is 0 Å². The van der Waals surface area contributed by atoms with Crippen LogP contribution in [0.25, 0.3) is 10.8 Å². The maximum atomic E-state index is 13.5. The van der Waals surface area contributed by atoms with Gasteiger partial charge in [-0.3, -0.25) is 9.98 Å². The van der Waals surface area contributed by atoms with Gasteiger partial charge < -0.3 is 14.8 Å². The Morgan fingerprint density at radius 3 is 2.96 bits per heavy atom. The molecule has 1 aliphatic heterocycles. The van der Waals surface area contributed by atoms with Gasteiger partial charge in [0.2, 0.25) is 5.88 Å². The summed E-state index contributed by atoms with van der Waals surface area (Å²) in [5.41, 5.74) is 2.32. The fraction of sp³-hybridized carbons (Fsp3) is 0.211. The van der Waals surface area contributed by atoms with Crippen molar-refractivity contribution in [1.29, 1.82) is 0 Å². The second-order valence-corrected chi connectivity index (χ2v) is 5.83. The first-order chi connectivity index (χ1) is 12.7. The van der Waals surface area contributed by atoms with E-state index in [9.17, 15) is 4.39 Å². The van der Waals surface area contributed by atoms with E-state index in [4.69, 9.17) is 9.47 Å². The highest BCUT2D eigenvalue weighted by molar-refractivity contribution is 6.11. The average Bonchev–Trinajstić information content (AvgIpc) is 3.04. The third kappa shape index (κ3) is 3.21. The number of anilines is 1. The van der Waals surface area contributed by atoms with Crippen LogP contribution in [0, 0.1) is 5.82 Å². The van der Waals surface area contributed by atoms with Crippen molar-refractivity contribution in [3.8, 4) is 5.88 Å². The fourth-order valence-corrected chi connectivity index (χ4v) is 2.85. The third-order valence-electron chi connectivity index (χ3n) is 4.10. The number of aliphatic imine (C=N–C) groups is 1. The summed E-state index contributed by atoms with van der Waals surface area (Å²) in [6.07, 6.45) is 2.92. The molecule has 1 aromatic carbocycles. The van der Waals surface area contributed by atoms with E-state index in [2.05, 4.69) is 20.3 Å². The number of nitrogens with zero attached hydrogens (tertiary/aromatic N) is 3. The molecular formula is C19H17FN4O2. The van der Waals surface area contributed by atoms with E-state index in [0.29, 0.717) is 37.0 Å². The van der Waals surface area contributed by atoms with Gasteiger partial charge in [-0.1, -0.05) is 0 Å². The molecule has 6 nitrogen and oxygen atoms in total. The van der Waals surface area contributed by atoms with Gasteiger partial charge in [-0.25, -0.2) is 9.37 Å². The Kier molecular flexibility index (Phi) is 4.45. The number of benzene rings is 1. The molecule has 3 heterocycles. The fourth-order valence-electron chi connectivity index (χ4n) is 2.85. The van der Waals surface area contributed by atoms with Gasteiger partial charge in [-0.05, 0) is 35.7 Å². The van der Waals surface area contributed by atoms with Crippen molar-refractivity contribution < 1.29 is 13.9 Å². The number of fused-ring (bicyclic) bond motifs is 2. The molecule has 0 unspecified atom stereocenters. The second kappa shape index (κ2) is 7.05. The molecule has 1 N–H and O–H groups in total. The summed E-state index contributed by atoms with van der Waals surface area (Å²) in [6.45, 7) is 1.39. The van der Waals surface area contributed by atoms with Gasteiger partial charge in [0.1, 0.15) is 18.3 Å². The van der Waals surface area contributed by atoms with Gasteiger partial charge in [0.15, 0.2) is 0 Å². The summed E-state index contributed by atoms with van der Waals surface area (Å²) in [4.78, 5) is 12.8. The highest BCUT2D eigenvalue weighted by Crippen LogP contribution is 2.27. The second-order valence-electron chi connectivity index (χ2n) is 5.83. The van der Waals surface area contributed by atoms with Gasteiger partial charge in [0, 0.05) is 29.9 Å². The Morgan fingerprint density at radius 2 is 2.08 bits per heavy atom. The maximum absolute atomic E-state index is 13.5. The number of methoxy groups -OCH3 is 1. The van der Waals surface area contributed by atoms with Gasteiger partial charge in [-0.2, -0.15) is 0 Å². The molecule has 0 atom stereocenters. The minimum Gasteiger partial charge on any atom is -0.475 e. The van der Waals surface area contributed by atoms with Crippen LogP contribution in [0.3, 0.4) is 0 Å². The molecule has 7 heteroatoms. The largest absolute Gasteiger partial charge is 0.475 e. The number of ether oxygens (including phenoxy) is 2. The van der Waals surface area contributed by atoms with E-state index in [1.807, 2.05) is 24.3 Å². The molecule has 0 amide bonds. The summed E-state index contributed by atoms with van der Waals surface area (Å²) in [6, 6.07) is 9.20. The number of nitrogens with one attached hydrogen (secondary N) is 1. The molecule has 0 fully saturated rings. The molecule has 0 spiro atoms. The highest BCUT2D eigenvalue weighted by Gasteiger charge is 2.18. The lowest BCUT2D eigenvalue weighted by Gasteiger charge is -2.11. The number of amidine groups is 1. The minimum atomic E-state index is -0.373. The van der Waals surface area contributed by atoms with Crippen molar-refractivity contribution in [1.82, 2.24) is 9.97 Å². The van der Waals surface area contributed by atoms with Crippen LogP contribution in [0.2, 0.25) is 0 Å². The van der Waals surface area contributed by atoms with E-state index in [1.54, 1.807) is 13.3 Å². The van der Waals surface area contributed by atoms with Gasteiger partial charge in [-0.15, -0.1) is 0 Å². The van der Waals surface area contributed by atoms with Crippen LogP contribution in [0.15, 0.2) is 47.7 Å². The van der Waals surface area contributed by atoms with Crippen LogP contribution in [0.1, 0.15) is 11.3 Å². The zero-order valence-electron chi connectivity index (χ0n) is 14.2. The Hall–Kier alpha value is -3.06.